The molecule has 0 bridgehead atoms. The molecular weight excluding hydrogens is 248 g/mol. The largest absolute Gasteiger partial charge is 0.387 e. The van der Waals surface area contributed by atoms with Crippen LogP contribution in [-0.2, 0) is 4.79 Å². The van der Waals surface area contributed by atoms with E-state index in [0.717, 1.165) is 36.9 Å². The molecule has 0 saturated carbocycles. The average Bonchev–Trinajstić information content (AvgIpc) is 2.78. The van der Waals surface area contributed by atoms with Crippen LogP contribution in [0.3, 0.4) is 0 Å². The van der Waals surface area contributed by atoms with Crippen LogP contribution in [0.5, 0.6) is 0 Å². The zero-order valence-electron chi connectivity index (χ0n) is 11.2. The number of likely N-dealkylation sites (tertiary alicyclic amines) is 1. The lowest BCUT2D eigenvalue weighted by Gasteiger charge is -2.30. The van der Waals surface area contributed by atoms with E-state index in [1.165, 1.54) is 12.8 Å². The van der Waals surface area contributed by atoms with Gasteiger partial charge in [0.2, 0.25) is 5.91 Å². The van der Waals surface area contributed by atoms with E-state index in [9.17, 15) is 9.90 Å². The van der Waals surface area contributed by atoms with Gasteiger partial charge in [0.1, 0.15) is 0 Å². The van der Waals surface area contributed by atoms with Crippen LogP contribution in [0.4, 0.5) is 0 Å². The fourth-order valence-electron chi connectivity index (χ4n) is 2.48. The molecule has 0 spiro atoms. The highest BCUT2D eigenvalue weighted by molar-refractivity contribution is 7.99. The van der Waals surface area contributed by atoms with Crippen LogP contribution in [0.25, 0.3) is 0 Å². The molecular formula is C13H24N2O2S. The third kappa shape index (κ3) is 4.14. The molecule has 2 aliphatic heterocycles. The Hall–Kier alpha value is -0.260. The Morgan fingerprint density at radius 3 is 2.83 bits per heavy atom. The Morgan fingerprint density at radius 2 is 2.22 bits per heavy atom. The number of amides is 1. The monoisotopic (exact) mass is 272 g/mol. The summed E-state index contributed by atoms with van der Waals surface area (Å²) >= 11 is 1.76. The number of thioether (sulfide) groups is 1. The maximum Gasteiger partial charge on any atom is 0.234 e. The minimum Gasteiger partial charge on any atom is -0.387 e. The third-order valence-electron chi connectivity index (χ3n) is 3.94. The van der Waals surface area contributed by atoms with Gasteiger partial charge < -0.3 is 10.4 Å². The van der Waals surface area contributed by atoms with Crippen molar-refractivity contribution in [3.8, 4) is 0 Å². The summed E-state index contributed by atoms with van der Waals surface area (Å²) in [5, 5.41) is 13.0. The van der Waals surface area contributed by atoms with Crippen molar-refractivity contribution in [1.29, 1.82) is 0 Å². The van der Waals surface area contributed by atoms with Gasteiger partial charge in [-0.05, 0) is 44.0 Å². The first-order valence-corrected chi connectivity index (χ1v) is 8.02. The summed E-state index contributed by atoms with van der Waals surface area (Å²) in [5.41, 5.74) is -0.670. The molecule has 1 atom stereocenters. The number of piperidine rings is 1. The summed E-state index contributed by atoms with van der Waals surface area (Å²) < 4.78 is 0. The molecule has 2 N–H and O–H groups in total. The molecule has 1 amide bonds. The lowest BCUT2D eigenvalue weighted by atomic mass is 9.99. The molecule has 0 aliphatic carbocycles. The fraction of sp³-hybridized carbons (Fsp3) is 0.923. The van der Waals surface area contributed by atoms with Gasteiger partial charge in [0, 0.05) is 12.3 Å². The molecule has 2 heterocycles. The Labute approximate surface area is 113 Å². The molecule has 104 valence electrons. The smallest absolute Gasteiger partial charge is 0.234 e. The number of rotatable bonds is 4. The quantitative estimate of drug-likeness (QED) is 0.791. The number of nitrogens with zero attached hydrogens (tertiary/aromatic N) is 1. The van der Waals surface area contributed by atoms with E-state index >= 15 is 0 Å². The number of hydrogen-bond acceptors (Lipinski definition) is 4. The summed E-state index contributed by atoms with van der Waals surface area (Å²) in [7, 11) is 0. The van der Waals surface area contributed by atoms with E-state index in [4.69, 9.17) is 0 Å². The Balaban J connectivity index is 1.66. The molecule has 2 fully saturated rings. The maximum absolute atomic E-state index is 11.8. The SMILES string of the molecule is CC1CCN(CC(=O)NCC2(O)CCSC2)CC1. The van der Waals surface area contributed by atoms with E-state index in [-0.39, 0.29) is 5.91 Å². The Morgan fingerprint density at radius 1 is 1.50 bits per heavy atom. The standard InChI is InChI=1S/C13H24N2O2S/c1-11-2-5-15(6-3-11)8-12(16)14-9-13(17)4-7-18-10-13/h11,17H,2-10H2,1H3,(H,14,16). The number of nitrogens with one attached hydrogen (secondary N) is 1. The first-order chi connectivity index (χ1) is 8.57. The third-order valence-corrected chi connectivity index (χ3v) is 5.17. The lowest BCUT2D eigenvalue weighted by molar-refractivity contribution is -0.123. The zero-order valence-corrected chi connectivity index (χ0v) is 12.0. The van der Waals surface area contributed by atoms with Gasteiger partial charge in [-0.25, -0.2) is 0 Å². The molecule has 2 saturated heterocycles. The van der Waals surface area contributed by atoms with Crippen LogP contribution in [-0.4, -0.2) is 59.2 Å². The Bertz CT molecular complexity index is 285. The molecule has 0 radical (unpaired) electrons. The van der Waals surface area contributed by atoms with E-state index in [1.807, 2.05) is 0 Å². The summed E-state index contributed by atoms with van der Waals surface area (Å²) in [5.74, 6) is 2.58. The number of aliphatic hydroxyl groups is 1. The van der Waals surface area contributed by atoms with Gasteiger partial charge in [-0.15, -0.1) is 0 Å². The molecule has 1 unspecified atom stereocenters. The van der Waals surface area contributed by atoms with Crippen molar-refractivity contribution in [3.05, 3.63) is 0 Å². The number of carbonyl (C=O) groups is 1. The van der Waals surface area contributed by atoms with Gasteiger partial charge in [0.15, 0.2) is 0 Å². The van der Waals surface area contributed by atoms with E-state index in [2.05, 4.69) is 17.1 Å². The highest BCUT2D eigenvalue weighted by Gasteiger charge is 2.32. The second kappa shape index (κ2) is 6.26. The average molecular weight is 272 g/mol. The number of hydrogen-bond donors (Lipinski definition) is 2. The Kier molecular flexibility index (Phi) is 4.92. The minimum atomic E-state index is -0.670. The zero-order chi connectivity index (χ0) is 13.0. The topological polar surface area (TPSA) is 52.6 Å². The molecule has 2 aliphatic rings. The van der Waals surface area contributed by atoms with Crippen molar-refractivity contribution >= 4 is 17.7 Å². The molecule has 5 heteroatoms. The predicted molar refractivity (Wildman–Crippen MR) is 74.7 cm³/mol. The normalized spacial score (nSPS) is 30.6. The first kappa shape index (κ1) is 14.2. The summed E-state index contributed by atoms with van der Waals surface area (Å²) in [6, 6.07) is 0. The molecule has 0 aromatic carbocycles. The highest BCUT2D eigenvalue weighted by Crippen LogP contribution is 2.26. The van der Waals surface area contributed by atoms with Gasteiger partial charge in [0.25, 0.3) is 0 Å². The second-order valence-corrected chi connectivity index (χ2v) is 6.87. The molecule has 4 nitrogen and oxygen atoms in total. The van der Waals surface area contributed by atoms with Crippen LogP contribution >= 0.6 is 11.8 Å². The van der Waals surface area contributed by atoms with E-state index < -0.39 is 5.60 Å². The van der Waals surface area contributed by atoms with Crippen LogP contribution < -0.4 is 5.32 Å². The van der Waals surface area contributed by atoms with Crippen molar-refractivity contribution in [2.75, 3.05) is 37.7 Å². The van der Waals surface area contributed by atoms with E-state index in [0.29, 0.717) is 13.1 Å². The van der Waals surface area contributed by atoms with Crippen molar-refractivity contribution in [2.24, 2.45) is 5.92 Å². The van der Waals surface area contributed by atoms with Crippen LogP contribution in [0.1, 0.15) is 26.2 Å². The maximum atomic E-state index is 11.8. The van der Waals surface area contributed by atoms with Crippen molar-refractivity contribution in [2.45, 2.75) is 31.8 Å². The molecule has 0 aromatic rings. The van der Waals surface area contributed by atoms with Crippen LogP contribution in [0.15, 0.2) is 0 Å². The van der Waals surface area contributed by atoms with Gasteiger partial charge in [-0.2, -0.15) is 11.8 Å². The predicted octanol–water partition coefficient (Wildman–Crippen LogP) is 0.702. The second-order valence-electron chi connectivity index (χ2n) is 5.76. The summed E-state index contributed by atoms with van der Waals surface area (Å²) in [4.78, 5) is 14.0. The highest BCUT2D eigenvalue weighted by atomic mass is 32.2. The van der Waals surface area contributed by atoms with Gasteiger partial charge in [-0.1, -0.05) is 6.92 Å². The summed E-state index contributed by atoms with van der Waals surface area (Å²) in [6.07, 6.45) is 3.17. The van der Waals surface area contributed by atoms with Gasteiger partial charge >= 0.3 is 0 Å². The lowest BCUT2D eigenvalue weighted by Crippen LogP contribution is -2.47. The number of carbonyl (C=O) groups excluding carboxylic acids is 1. The van der Waals surface area contributed by atoms with Crippen molar-refractivity contribution in [3.63, 3.8) is 0 Å². The van der Waals surface area contributed by atoms with E-state index in [1.54, 1.807) is 11.8 Å². The minimum absolute atomic E-state index is 0.0508. The fourth-order valence-corrected chi connectivity index (χ4v) is 3.77. The first-order valence-electron chi connectivity index (χ1n) is 6.87. The van der Waals surface area contributed by atoms with Gasteiger partial charge in [-0.3, -0.25) is 9.69 Å². The van der Waals surface area contributed by atoms with Crippen molar-refractivity contribution in [1.82, 2.24) is 10.2 Å². The summed E-state index contributed by atoms with van der Waals surface area (Å²) in [6.45, 7) is 5.20. The van der Waals surface area contributed by atoms with Gasteiger partial charge in [0.05, 0.1) is 12.1 Å². The van der Waals surface area contributed by atoms with Crippen LogP contribution in [0.2, 0.25) is 0 Å². The van der Waals surface area contributed by atoms with Crippen LogP contribution in [0, 0.1) is 5.92 Å². The van der Waals surface area contributed by atoms with Crippen molar-refractivity contribution < 1.29 is 9.90 Å². The molecule has 0 aromatic heterocycles. The molecule has 18 heavy (non-hydrogen) atoms. The molecule has 2 rings (SSSR count).